The zero-order chi connectivity index (χ0) is 38.0. The van der Waals surface area contributed by atoms with Crippen LogP contribution in [0.15, 0.2) is 42.5 Å². The minimum absolute atomic E-state index is 0.193. The summed E-state index contributed by atoms with van der Waals surface area (Å²) >= 11 is 6.11. The van der Waals surface area contributed by atoms with E-state index in [0.717, 1.165) is 119 Å². The Kier molecular flexibility index (Phi) is 14.2. The van der Waals surface area contributed by atoms with Crippen LogP contribution in [-0.2, 0) is 22.6 Å². The highest BCUT2D eigenvalue weighted by molar-refractivity contribution is 6.30. The van der Waals surface area contributed by atoms with E-state index in [1.807, 2.05) is 87.7 Å². The van der Waals surface area contributed by atoms with Crippen LogP contribution in [0.2, 0.25) is 5.02 Å². The number of nitrogens with zero attached hydrogens (tertiary/aromatic N) is 4. The zero-order valence-corrected chi connectivity index (χ0v) is 33.6. The molecule has 2 fully saturated rings. The van der Waals surface area contributed by atoms with Gasteiger partial charge in [-0.2, -0.15) is 0 Å². The molecular weight excluding hydrogens is 692 g/mol. The van der Waals surface area contributed by atoms with Gasteiger partial charge in [-0.3, -0.25) is 0 Å². The summed E-state index contributed by atoms with van der Waals surface area (Å²) < 4.78 is 26.0. The normalized spacial score (nSPS) is 17.2. The molecule has 11 heteroatoms. The number of fused-ring (bicyclic) bond motifs is 1. The Hall–Kier alpha value is -3.66. The summed E-state index contributed by atoms with van der Waals surface area (Å²) in [4.78, 5) is 33.9. The number of hydrogen-bond acceptors (Lipinski definition) is 7. The minimum atomic E-state index is -0.496. The number of halogens is 1. The van der Waals surface area contributed by atoms with Gasteiger partial charge in [-0.25, -0.2) is 14.6 Å². The summed E-state index contributed by atoms with van der Waals surface area (Å²) in [5.74, 6) is 3.47. The van der Waals surface area contributed by atoms with Gasteiger partial charge in [0.2, 0.25) is 0 Å². The molecular formula is C42H61ClN4O6. The van der Waals surface area contributed by atoms with Crippen molar-refractivity contribution in [3.8, 4) is 11.5 Å². The molecule has 10 nitrogen and oxygen atoms in total. The quantitative estimate of drug-likeness (QED) is 0.151. The van der Waals surface area contributed by atoms with Gasteiger partial charge < -0.3 is 33.3 Å². The van der Waals surface area contributed by atoms with Crippen LogP contribution in [0.1, 0.15) is 112 Å². The van der Waals surface area contributed by atoms with Gasteiger partial charge in [0, 0.05) is 37.7 Å². The number of aromatic nitrogens is 2. The fourth-order valence-electron chi connectivity index (χ4n) is 7.28. The van der Waals surface area contributed by atoms with E-state index in [1.165, 1.54) is 6.42 Å². The predicted octanol–water partition coefficient (Wildman–Crippen LogP) is 10.3. The number of carbonyl (C=O) groups excluding carboxylic acids is 2. The Morgan fingerprint density at radius 3 is 2.15 bits per heavy atom. The fourth-order valence-corrected chi connectivity index (χ4v) is 7.41. The first-order valence-corrected chi connectivity index (χ1v) is 20.1. The lowest BCUT2D eigenvalue weighted by Gasteiger charge is -2.34. The van der Waals surface area contributed by atoms with Crippen LogP contribution in [0.4, 0.5) is 9.59 Å². The third kappa shape index (κ3) is 12.7. The van der Waals surface area contributed by atoms with E-state index in [4.69, 9.17) is 35.5 Å². The van der Waals surface area contributed by atoms with Crippen LogP contribution < -0.4 is 9.47 Å². The number of imidazole rings is 1. The summed E-state index contributed by atoms with van der Waals surface area (Å²) in [7, 11) is 0. The number of piperidine rings is 2. The van der Waals surface area contributed by atoms with Gasteiger partial charge in [0.15, 0.2) is 0 Å². The molecule has 0 aliphatic carbocycles. The average molecular weight is 753 g/mol. The van der Waals surface area contributed by atoms with E-state index in [9.17, 15) is 9.59 Å². The molecule has 0 bridgehead atoms. The first-order chi connectivity index (χ1) is 25.2. The van der Waals surface area contributed by atoms with Crippen molar-refractivity contribution in [1.29, 1.82) is 0 Å². The van der Waals surface area contributed by atoms with Crippen molar-refractivity contribution < 1.29 is 28.5 Å². The molecule has 0 saturated carbocycles. The molecule has 3 aromatic rings. The number of likely N-dealkylation sites (tertiary alicyclic amines) is 2. The molecule has 2 aliphatic heterocycles. The first-order valence-electron chi connectivity index (χ1n) is 19.7. The number of rotatable bonds is 14. The molecule has 1 unspecified atom stereocenters. The number of benzene rings is 2. The molecule has 0 spiro atoms. The molecule has 5 rings (SSSR count). The maximum atomic E-state index is 12.7. The van der Waals surface area contributed by atoms with Crippen LogP contribution >= 0.6 is 11.6 Å². The van der Waals surface area contributed by atoms with Gasteiger partial charge in [-0.1, -0.05) is 36.9 Å². The summed E-state index contributed by atoms with van der Waals surface area (Å²) in [6.45, 7) is 16.3. The molecule has 2 saturated heterocycles. The van der Waals surface area contributed by atoms with Crippen LogP contribution in [0.25, 0.3) is 11.0 Å². The van der Waals surface area contributed by atoms with E-state index in [1.54, 1.807) is 0 Å². The van der Waals surface area contributed by atoms with Crippen LogP contribution in [-0.4, -0.2) is 75.5 Å². The molecule has 3 heterocycles. The molecule has 2 aromatic carbocycles. The molecule has 1 atom stereocenters. The van der Waals surface area contributed by atoms with Crippen molar-refractivity contribution in [3.63, 3.8) is 0 Å². The molecule has 2 amide bonds. The highest BCUT2D eigenvalue weighted by atomic mass is 35.5. The van der Waals surface area contributed by atoms with E-state index in [-0.39, 0.29) is 12.2 Å². The lowest BCUT2D eigenvalue weighted by molar-refractivity contribution is 0.0156. The van der Waals surface area contributed by atoms with Crippen molar-refractivity contribution >= 4 is 34.8 Å². The van der Waals surface area contributed by atoms with Crippen LogP contribution in [0, 0.1) is 11.8 Å². The van der Waals surface area contributed by atoms with Gasteiger partial charge in [-0.15, -0.1) is 0 Å². The fraction of sp³-hybridized carbons (Fsp3) is 0.643. The van der Waals surface area contributed by atoms with E-state index >= 15 is 0 Å². The monoisotopic (exact) mass is 752 g/mol. The lowest BCUT2D eigenvalue weighted by atomic mass is 9.91. The van der Waals surface area contributed by atoms with Gasteiger partial charge in [0.25, 0.3) is 0 Å². The molecule has 53 heavy (non-hydrogen) atoms. The highest BCUT2D eigenvalue weighted by Gasteiger charge is 2.28. The molecule has 0 radical (unpaired) electrons. The predicted molar refractivity (Wildman–Crippen MR) is 210 cm³/mol. The second-order valence-electron chi connectivity index (χ2n) is 16.7. The first kappa shape index (κ1) is 40.5. The van der Waals surface area contributed by atoms with Crippen LogP contribution in [0.5, 0.6) is 11.5 Å². The zero-order valence-electron chi connectivity index (χ0n) is 32.8. The Morgan fingerprint density at radius 1 is 0.774 bits per heavy atom. The van der Waals surface area contributed by atoms with E-state index < -0.39 is 11.2 Å². The Morgan fingerprint density at radius 2 is 1.45 bits per heavy atom. The Bertz CT molecular complexity index is 1620. The maximum Gasteiger partial charge on any atom is 0.410 e. The van der Waals surface area contributed by atoms with Gasteiger partial charge >= 0.3 is 12.2 Å². The number of hydrogen-bond donors (Lipinski definition) is 0. The van der Waals surface area contributed by atoms with Gasteiger partial charge in [-0.05, 0) is 135 Å². The summed E-state index contributed by atoms with van der Waals surface area (Å²) in [5, 5.41) is 0.667. The van der Waals surface area contributed by atoms with Crippen molar-refractivity contribution in [2.24, 2.45) is 11.8 Å². The van der Waals surface area contributed by atoms with E-state index in [0.29, 0.717) is 30.1 Å². The van der Waals surface area contributed by atoms with Crippen molar-refractivity contribution in [3.05, 3.63) is 53.3 Å². The second kappa shape index (κ2) is 18.6. The van der Waals surface area contributed by atoms with Gasteiger partial charge in [0.1, 0.15) is 40.6 Å². The topological polar surface area (TPSA) is 95.4 Å². The standard InChI is InChI=1S/C42H61ClN4O6/c1-41(2,3)52-39(48)45-26-22-31(23-27-45)13-8-7-9-28-50-36-17-10-16-35-38(36)44-37(30-51-34-20-18-33(43)19-21-34)47(35)25-12-15-32-14-11-24-46(29-32)40(49)53-42(4,5)6/h10,16-21,31-32H,7-9,11-15,22-30H2,1-6H3. The largest absolute Gasteiger partial charge is 0.491 e. The SMILES string of the molecule is CC(C)(C)OC(=O)N1CCC(CCCCCOc2cccc3c2nc(COc2ccc(Cl)cc2)n3CCCC2CCCN(C(=O)OC(C)(C)C)C2)CC1. The third-order valence-corrected chi connectivity index (χ3v) is 10.2. The van der Waals surface area contributed by atoms with Crippen molar-refractivity contribution in [1.82, 2.24) is 19.4 Å². The van der Waals surface area contributed by atoms with Gasteiger partial charge in [0.05, 0.1) is 12.1 Å². The maximum absolute atomic E-state index is 12.7. The Labute approximate surface area is 321 Å². The average Bonchev–Trinajstić information content (AvgIpc) is 3.46. The second-order valence-corrected chi connectivity index (χ2v) is 17.2. The molecule has 1 aromatic heterocycles. The summed E-state index contributed by atoms with van der Waals surface area (Å²) in [6.07, 6.45) is 10.1. The van der Waals surface area contributed by atoms with Crippen molar-refractivity contribution in [2.45, 2.75) is 130 Å². The minimum Gasteiger partial charge on any atom is -0.491 e. The smallest absolute Gasteiger partial charge is 0.410 e. The molecule has 2 aliphatic rings. The number of aryl methyl sites for hydroxylation is 1. The third-order valence-electron chi connectivity index (χ3n) is 9.95. The molecule has 0 N–H and O–H groups in total. The lowest BCUT2D eigenvalue weighted by Crippen LogP contribution is -2.42. The number of carbonyl (C=O) groups is 2. The number of amides is 2. The number of para-hydroxylation sites is 1. The molecule has 292 valence electrons. The highest BCUT2D eigenvalue weighted by Crippen LogP contribution is 2.30. The number of unbranched alkanes of at least 4 members (excludes halogenated alkanes) is 2. The Balaban J connectivity index is 1.14. The van der Waals surface area contributed by atoms with Crippen molar-refractivity contribution in [2.75, 3.05) is 32.8 Å². The summed E-state index contributed by atoms with van der Waals surface area (Å²) in [5.41, 5.74) is 0.937. The summed E-state index contributed by atoms with van der Waals surface area (Å²) in [6, 6.07) is 13.6. The number of ether oxygens (including phenoxy) is 4. The van der Waals surface area contributed by atoms with Crippen LogP contribution in [0.3, 0.4) is 0 Å². The van der Waals surface area contributed by atoms with E-state index in [2.05, 4.69) is 10.6 Å².